The molecule has 0 unspecified atom stereocenters. The number of furan rings is 1. The van der Waals surface area contributed by atoms with Crippen molar-refractivity contribution in [3.8, 4) is 0 Å². The van der Waals surface area contributed by atoms with Gasteiger partial charge in [0, 0.05) is 15.9 Å². The van der Waals surface area contributed by atoms with Crippen LogP contribution in [0.5, 0.6) is 0 Å². The van der Waals surface area contributed by atoms with E-state index in [9.17, 15) is 4.79 Å². The zero-order valence-corrected chi connectivity index (χ0v) is 18.1. The summed E-state index contributed by atoms with van der Waals surface area (Å²) in [6.07, 6.45) is 3.76. The van der Waals surface area contributed by atoms with Crippen LogP contribution in [0, 0.1) is 0 Å². The molecular weight excluding hydrogens is 427 g/mol. The first-order chi connectivity index (χ1) is 13.6. The topological polar surface area (TPSA) is 33.5 Å². The Morgan fingerprint density at radius 2 is 1.82 bits per heavy atom. The number of carbonyl (C=O) groups is 1. The Balaban J connectivity index is 1.54. The molecule has 1 aliphatic rings. The van der Waals surface area contributed by atoms with E-state index in [-0.39, 0.29) is 5.91 Å². The lowest BCUT2D eigenvalue weighted by Crippen LogP contribution is -2.27. The lowest BCUT2D eigenvalue weighted by Gasteiger charge is -2.15. The standard InChI is InChI=1S/C21H15NO2S4/c1-26-17-9-5-6-14(12-17)22-20(23)18(28-21(22)25)13-15-10-11-19(24-15)27-16-7-3-2-4-8-16/h2-13H,1H3/b18-13-. The third-order valence-electron chi connectivity index (χ3n) is 3.94. The molecule has 7 heteroatoms. The molecule has 0 radical (unpaired) electrons. The number of nitrogens with zero attached hydrogens (tertiary/aromatic N) is 1. The predicted octanol–water partition coefficient (Wildman–Crippen LogP) is 6.56. The second kappa shape index (κ2) is 8.61. The highest BCUT2D eigenvalue weighted by atomic mass is 32.2. The Kier molecular flexibility index (Phi) is 5.96. The molecule has 1 amide bonds. The maximum Gasteiger partial charge on any atom is 0.270 e. The van der Waals surface area contributed by atoms with Gasteiger partial charge in [0.2, 0.25) is 0 Å². The third-order valence-corrected chi connectivity index (χ3v) is 6.90. The molecule has 4 rings (SSSR count). The molecule has 28 heavy (non-hydrogen) atoms. The van der Waals surface area contributed by atoms with Gasteiger partial charge in [-0.2, -0.15) is 0 Å². The van der Waals surface area contributed by atoms with Crippen molar-refractivity contribution in [2.75, 3.05) is 11.2 Å². The molecule has 0 spiro atoms. The summed E-state index contributed by atoms with van der Waals surface area (Å²) in [5.41, 5.74) is 0.789. The number of hydrogen-bond acceptors (Lipinski definition) is 6. The van der Waals surface area contributed by atoms with Crippen molar-refractivity contribution in [1.29, 1.82) is 0 Å². The highest BCUT2D eigenvalue weighted by molar-refractivity contribution is 8.27. The molecule has 2 heterocycles. The summed E-state index contributed by atoms with van der Waals surface area (Å²) in [5, 5.41) is 0.778. The van der Waals surface area contributed by atoms with Gasteiger partial charge < -0.3 is 4.42 Å². The van der Waals surface area contributed by atoms with E-state index in [1.807, 2.05) is 73.0 Å². The molecule has 1 fully saturated rings. The van der Waals surface area contributed by atoms with Crippen LogP contribution in [0.25, 0.3) is 6.08 Å². The van der Waals surface area contributed by atoms with Crippen molar-refractivity contribution in [2.24, 2.45) is 0 Å². The van der Waals surface area contributed by atoms with E-state index in [4.69, 9.17) is 16.6 Å². The summed E-state index contributed by atoms with van der Waals surface area (Å²) in [7, 11) is 0. The Hall–Kier alpha value is -1.93. The molecular formula is C21H15NO2S4. The largest absolute Gasteiger partial charge is 0.450 e. The lowest BCUT2D eigenvalue weighted by atomic mass is 10.3. The molecule has 2 aromatic carbocycles. The van der Waals surface area contributed by atoms with Crippen LogP contribution in [-0.2, 0) is 4.79 Å². The van der Waals surface area contributed by atoms with Gasteiger partial charge in [0.15, 0.2) is 9.41 Å². The summed E-state index contributed by atoms with van der Waals surface area (Å²) in [6.45, 7) is 0. The van der Waals surface area contributed by atoms with Crippen LogP contribution in [0.3, 0.4) is 0 Å². The van der Waals surface area contributed by atoms with Crippen molar-refractivity contribution in [2.45, 2.75) is 14.9 Å². The van der Waals surface area contributed by atoms with E-state index in [1.165, 1.54) is 11.8 Å². The zero-order valence-electron chi connectivity index (χ0n) is 14.8. The van der Waals surface area contributed by atoms with Gasteiger partial charge in [0.25, 0.3) is 5.91 Å². The van der Waals surface area contributed by atoms with E-state index in [0.717, 1.165) is 20.6 Å². The second-order valence-electron chi connectivity index (χ2n) is 5.79. The number of carbonyl (C=O) groups excluding carboxylic acids is 1. The molecule has 0 aliphatic carbocycles. The van der Waals surface area contributed by atoms with Crippen molar-refractivity contribution in [3.63, 3.8) is 0 Å². The van der Waals surface area contributed by atoms with Crippen LogP contribution in [-0.4, -0.2) is 16.5 Å². The summed E-state index contributed by atoms with van der Waals surface area (Å²) >= 11 is 9.92. The average Bonchev–Trinajstić information content (AvgIpc) is 3.26. The van der Waals surface area contributed by atoms with Crippen LogP contribution >= 0.6 is 47.5 Å². The number of thioether (sulfide) groups is 2. The minimum atomic E-state index is -0.123. The van der Waals surface area contributed by atoms with Crippen LogP contribution < -0.4 is 4.90 Å². The highest BCUT2D eigenvalue weighted by Crippen LogP contribution is 2.38. The number of thiocarbonyl (C=S) groups is 1. The van der Waals surface area contributed by atoms with E-state index in [1.54, 1.807) is 34.5 Å². The SMILES string of the molecule is CSc1cccc(N2C(=O)/C(=C/c3ccc(Sc4ccccc4)o3)SC2=S)c1. The van der Waals surface area contributed by atoms with Crippen molar-refractivity contribution in [3.05, 3.63) is 77.4 Å². The first kappa shape index (κ1) is 19.4. The van der Waals surface area contributed by atoms with Crippen LogP contribution in [0.4, 0.5) is 5.69 Å². The number of amides is 1. The van der Waals surface area contributed by atoms with E-state index in [0.29, 0.717) is 15.0 Å². The van der Waals surface area contributed by atoms with E-state index in [2.05, 4.69) is 0 Å². The number of rotatable bonds is 5. The molecule has 1 aromatic heterocycles. The quantitative estimate of drug-likeness (QED) is 0.253. The maximum atomic E-state index is 12.9. The molecule has 3 aromatic rings. The Labute approximate surface area is 181 Å². The first-order valence-corrected chi connectivity index (χ1v) is 11.7. The van der Waals surface area contributed by atoms with Gasteiger partial charge in [0.05, 0.1) is 10.6 Å². The molecule has 0 atom stereocenters. The number of benzene rings is 2. The van der Waals surface area contributed by atoms with Crippen molar-refractivity contribution >= 4 is 69.5 Å². The lowest BCUT2D eigenvalue weighted by molar-refractivity contribution is -0.113. The second-order valence-corrected chi connectivity index (χ2v) is 9.42. The van der Waals surface area contributed by atoms with Gasteiger partial charge in [-0.25, -0.2) is 0 Å². The van der Waals surface area contributed by atoms with Gasteiger partial charge in [-0.1, -0.05) is 60.0 Å². The average molecular weight is 442 g/mol. The number of anilines is 1. The van der Waals surface area contributed by atoms with Crippen molar-refractivity contribution in [1.82, 2.24) is 0 Å². The summed E-state index contributed by atoms with van der Waals surface area (Å²) < 4.78 is 6.39. The van der Waals surface area contributed by atoms with Gasteiger partial charge in [-0.05, 0) is 48.7 Å². The fourth-order valence-corrected chi connectivity index (χ4v) is 5.17. The zero-order chi connectivity index (χ0) is 19.5. The molecule has 1 aliphatic heterocycles. The van der Waals surface area contributed by atoms with Gasteiger partial charge in [-0.3, -0.25) is 9.69 Å². The molecule has 0 bridgehead atoms. The highest BCUT2D eigenvalue weighted by Gasteiger charge is 2.33. The Bertz CT molecular complexity index is 1060. The Morgan fingerprint density at radius 3 is 2.61 bits per heavy atom. The molecule has 140 valence electrons. The van der Waals surface area contributed by atoms with Crippen molar-refractivity contribution < 1.29 is 9.21 Å². The minimum Gasteiger partial charge on any atom is -0.450 e. The maximum absolute atomic E-state index is 12.9. The molecule has 1 saturated heterocycles. The normalized spacial score (nSPS) is 15.6. The minimum absolute atomic E-state index is 0.123. The third kappa shape index (κ3) is 4.22. The fourth-order valence-electron chi connectivity index (χ4n) is 2.64. The summed E-state index contributed by atoms with van der Waals surface area (Å²) in [6, 6.07) is 21.6. The molecule has 0 N–H and O–H groups in total. The van der Waals surface area contributed by atoms with Crippen LogP contribution in [0.2, 0.25) is 0 Å². The first-order valence-electron chi connectivity index (χ1n) is 8.39. The monoisotopic (exact) mass is 441 g/mol. The fraction of sp³-hybridized carbons (Fsp3) is 0.0476. The smallest absolute Gasteiger partial charge is 0.270 e. The molecule has 3 nitrogen and oxygen atoms in total. The van der Waals surface area contributed by atoms with Gasteiger partial charge in [-0.15, -0.1) is 11.8 Å². The predicted molar refractivity (Wildman–Crippen MR) is 123 cm³/mol. The van der Waals surface area contributed by atoms with Crippen LogP contribution in [0.15, 0.2) is 90.9 Å². The van der Waals surface area contributed by atoms with Crippen LogP contribution in [0.1, 0.15) is 5.76 Å². The van der Waals surface area contributed by atoms with E-state index >= 15 is 0 Å². The molecule has 0 saturated carbocycles. The van der Waals surface area contributed by atoms with E-state index < -0.39 is 0 Å². The Morgan fingerprint density at radius 1 is 1.04 bits per heavy atom. The van der Waals surface area contributed by atoms with Gasteiger partial charge in [0.1, 0.15) is 5.76 Å². The van der Waals surface area contributed by atoms with Gasteiger partial charge >= 0.3 is 0 Å². The summed E-state index contributed by atoms with van der Waals surface area (Å²) in [5.74, 6) is 0.513. The summed E-state index contributed by atoms with van der Waals surface area (Å²) in [4.78, 5) is 17.2. The number of hydrogen-bond donors (Lipinski definition) is 0.